The largest absolute Gasteiger partial charge is 0.342 e. The maximum Gasteiger partial charge on any atom is 0.246 e. The van der Waals surface area contributed by atoms with E-state index < -0.39 is 0 Å². The van der Waals surface area contributed by atoms with Crippen LogP contribution in [0.4, 0.5) is 0 Å². The molecule has 0 aromatic rings. The molecule has 2 aliphatic rings. The minimum absolute atomic E-state index is 0.0215. The van der Waals surface area contributed by atoms with E-state index in [1.165, 1.54) is 0 Å². The van der Waals surface area contributed by atoms with Gasteiger partial charge in [-0.1, -0.05) is 32.4 Å². The predicted molar refractivity (Wildman–Crippen MR) is 69.9 cm³/mol. The predicted octanol–water partition coefficient (Wildman–Crippen LogP) is 1.47. The SMILES string of the molecule is CCC(C)C1NC(=O)C(C)N(C2CC=CC2)C1=O. The molecule has 0 saturated carbocycles. The van der Waals surface area contributed by atoms with Crippen LogP contribution in [0.25, 0.3) is 0 Å². The summed E-state index contributed by atoms with van der Waals surface area (Å²) in [4.78, 5) is 26.4. The number of hydrogen-bond donors (Lipinski definition) is 1. The van der Waals surface area contributed by atoms with Gasteiger partial charge in [0.25, 0.3) is 0 Å². The van der Waals surface area contributed by atoms with Crippen LogP contribution in [0.1, 0.15) is 40.0 Å². The molecular weight excluding hydrogens is 228 g/mol. The lowest BCUT2D eigenvalue weighted by atomic mass is 9.93. The van der Waals surface area contributed by atoms with Gasteiger partial charge in [-0.05, 0) is 25.7 Å². The number of carbonyl (C=O) groups excluding carboxylic acids is 2. The number of rotatable bonds is 3. The number of nitrogens with zero attached hydrogens (tertiary/aromatic N) is 1. The molecule has 4 nitrogen and oxygen atoms in total. The summed E-state index contributed by atoms with van der Waals surface area (Å²) in [6.07, 6.45) is 6.82. The zero-order chi connectivity index (χ0) is 13.3. The van der Waals surface area contributed by atoms with Crippen LogP contribution < -0.4 is 5.32 Å². The molecule has 3 unspecified atom stereocenters. The topological polar surface area (TPSA) is 49.4 Å². The maximum absolute atomic E-state index is 12.6. The van der Waals surface area contributed by atoms with Crippen molar-refractivity contribution < 1.29 is 9.59 Å². The standard InChI is InChI=1S/C14H22N2O2/c1-4-9(2)12-14(18)16(10(3)13(17)15-12)11-7-5-6-8-11/h5-6,9-12H,4,7-8H2,1-3H3,(H,15,17). The highest BCUT2D eigenvalue weighted by Crippen LogP contribution is 2.25. The fraction of sp³-hybridized carbons (Fsp3) is 0.714. The van der Waals surface area contributed by atoms with Crippen LogP contribution in [0, 0.1) is 5.92 Å². The lowest BCUT2D eigenvalue weighted by Crippen LogP contribution is -2.66. The van der Waals surface area contributed by atoms with Crippen LogP contribution in [0.5, 0.6) is 0 Å². The van der Waals surface area contributed by atoms with Crippen molar-refractivity contribution in [2.24, 2.45) is 5.92 Å². The summed E-state index contributed by atoms with van der Waals surface area (Å²) in [5, 5.41) is 2.87. The average molecular weight is 250 g/mol. The molecule has 18 heavy (non-hydrogen) atoms. The summed E-state index contributed by atoms with van der Waals surface area (Å²) >= 11 is 0. The number of carbonyl (C=O) groups is 2. The highest BCUT2D eigenvalue weighted by Gasteiger charge is 2.42. The Kier molecular flexibility index (Phi) is 3.73. The molecule has 1 saturated heterocycles. The van der Waals surface area contributed by atoms with E-state index in [4.69, 9.17) is 0 Å². The average Bonchev–Trinajstić information content (AvgIpc) is 2.87. The Bertz CT molecular complexity index is 370. The summed E-state index contributed by atoms with van der Waals surface area (Å²) in [6, 6.07) is -0.521. The van der Waals surface area contributed by atoms with Crippen molar-refractivity contribution in [3.8, 4) is 0 Å². The molecule has 0 aromatic carbocycles. The van der Waals surface area contributed by atoms with Crippen molar-refractivity contribution in [1.29, 1.82) is 0 Å². The fourth-order valence-electron chi connectivity index (χ4n) is 2.76. The molecule has 2 amide bonds. The lowest BCUT2D eigenvalue weighted by Gasteiger charge is -2.42. The van der Waals surface area contributed by atoms with E-state index in [1.54, 1.807) is 4.90 Å². The molecule has 2 rings (SSSR count). The summed E-state index contributed by atoms with van der Waals surface area (Å²) in [7, 11) is 0. The molecule has 0 spiro atoms. The third-order valence-electron chi connectivity index (χ3n) is 4.20. The summed E-state index contributed by atoms with van der Waals surface area (Å²) in [5.74, 6) is 0.253. The highest BCUT2D eigenvalue weighted by atomic mass is 16.2. The van der Waals surface area contributed by atoms with Crippen LogP contribution in [0.2, 0.25) is 0 Å². The molecule has 1 aliphatic carbocycles. The second-order valence-electron chi connectivity index (χ2n) is 5.39. The first-order valence-electron chi connectivity index (χ1n) is 6.83. The number of amides is 2. The van der Waals surface area contributed by atoms with Gasteiger partial charge < -0.3 is 10.2 Å². The maximum atomic E-state index is 12.6. The van der Waals surface area contributed by atoms with Gasteiger partial charge in [-0.3, -0.25) is 9.59 Å². The third-order valence-corrected chi connectivity index (χ3v) is 4.20. The molecular formula is C14H22N2O2. The van der Waals surface area contributed by atoms with Crippen molar-refractivity contribution in [1.82, 2.24) is 10.2 Å². The van der Waals surface area contributed by atoms with Gasteiger partial charge in [0.1, 0.15) is 12.1 Å². The van der Waals surface area contributed by atoms with Crippen LogP contribution in [0.3, 0.4) is 0 Å². The van der Waals surface area contributed by atoms with Crippen LogP contribution in [-0.4, -0.2) is 34.8 Å². The first kappa shape index (κ1) is 13.1. The summed E-state index contributed by atoms with van der Waals surface area (Å²) in [5.41, 5.74) is 0. The van der Waals surface area contributed by atoms with Crippen molar-refractivity contribution >= 4 is 11.8 Å². The molecule has 1 heterocycles. The van der Waals surface area contributed by atoms with E-state index in [0.29, 0.717) is 0 Å². The van der Waals surface area contributed by atoms with E-state index in [0.717, 1.165) is 19.3 Å². The molecule has 1 N–H and O–H groups in total. The van der Waals surface area contributed by atoms with E-state index in [-0.39, 0.29) is 35.9 Å². The van der Waals surface area contributed by atoms with Crippen LogP contribution >= 0.6 is 0 Å². The number of hydrogen-bond acceptors (Lipinski definition) is 2. The van der Waals surface area contributed by atoms with Gasteiger partial charge in [0.15, 0.2) is 0 Å². The summed E-state index contributed by atoms with van der Waals surface area (Å²) < 4.78 is 0. The molecule has 1 aliphatic heterocycles. The van der Waals surface area contributed by atoms with Crippen LogP contribution in [-0.2, 0) is 9.59 Å². The Hall–Kier alpha value is -1.32. The Labute approximate surface area is 108 Å². The molecule has 4 heteroatoms. The van der Waals surface area contributed by atoms with E-state index in [9.17, 15) is 9.59 Å². The Morgan fingerprint density at radius 2 is 2.00 bits per heavy atom. The van der Waals surface area contributed by atoms with Crippen LogP contribution in [0.15, 0.2) is 12.2 Å². The number of nitrogens with one attached hydrogen (secondary N) is 1. The molecule has 0 aromatic heterocycles. The van der Waals surface area contributed by atoms with Crippen molar-refractivity contribution in [2.45, 2.75) is 58.2 Å². The third kappa shape index (κ3) is 2.16. The first-order chi connectivity index (χ1) is 8.56. The quantitative estimate of drug-likeness (QED) is 0.771. The normalized spacial score (nSPS) is 30.7. The minimum atomic E-state index is -0.348. The number of piperazine rings is 1. The van der Waals surface area contributed by atoms with Gasteiger partial charge in [-0.15, -0.1) is 0 Å². The van der Waals surface area contributed by atoms with Gasteiger partial charge in [-0.25, -0.2) is 0 Å². The molecule has 100 valence electrons. The van der Waals surface area contributed by atoms with Gasteiger partial charge in [0, 0.05) is 6.04 Å². The van der Waals surface area contributed by atoms with Gasteiger partial charge in [0.2, 0.25) is 11.8 Å². The summed E-state index contributed by atoms with van der Waals surface area (Å²) in [6.45, 7) is 5.88. The zero-order valence-electron chi connectivity index (χ0n) is 11.3. The van der Waals surface area contributed by atoms with Gasteiger partial charge in [-0.2, -0.15) is 0 Å². The van der Waals surface area contributed by atoms with Crippen molar-refractivity contribution in [2.75, 3.05) is 0 Å². The molecule has 1 fully saturated rings. The second-order valence-corrected chi connectivity index (χ2v) is 5.39. The Morgan fingerprint density at radius 3 is 2.56 bits per heavy atom. The fourth-order valence-corrected chi connectivity index (χ4v) is 2.76. The Morgan fingerprint density at radius 1 is 1.39 bits per heavy atom. The zero-order valence-corrected chi connectivity index (χ0v) is 11.3. The van der Waals surface area contributed by atoms with Crippen molar-refractivity contribution in [3.63, 3.8) is 0 Å². The highest BCUT2D eigenvalue weighted by molar-refractivity contribution is 5.97. The molecule has 0 radical (unpaired) electrons. The van der Waals surface area contributed by atoms with Gasteiger partial charge in [0.05, 0.1) is 0 Å². The smallest absolute Gasteiger partial charge is 0.246 e. The monoisotopic (exact) mass is 250 g/mol. The second kappa shape index (κ2) is 5.12. The Balaban J connectivity index is 2.19. The minimum Gasteiger partial charge on any atom is -0.342 e. The van der Waals surface area contributed by atoms with Gasteiger partial charge >= 0.3 is 0 Å². The lowest BCUT2D eigenvalue weighted by molar-refractivity contribution is -0.152. The van der Waals surface area contributed by atoms with E-state index >= 15 is 0 Å². The van der Waals surface area contributed by atoms with Crippen molar-refractivity contribution in [3.05, 3.63) is 12.2 Å². The molecule has 3 atom stereocenters. The first-order valence-corrected chi connectivity index (χ1v) is 6.83. The molecule has 0 bridgehead atoms. The van der Waals surface area contributed by atoms with E-state index in [2.05, 4.69) is 17.5 Å². The van der Waals surface area contributed by atoms with E-state index in [1.807, 2.05) is 20.8 Å².